The molecule has 144 valence electrons. The molecule has 5 nitrogen and oxygen atoms in total. The highest BCUT2D eigenvalue weighted by Crippen LogP contribution is 2.15. The number of carbonyl (C=O) groups is 2. The summed E-state index contributed by atoms with van der Waals surface area (Å²) < 4.78 is 5.63. The summed E-state index contributed by atoms with van der Waals surface area (Å²) in [6.45, 7) is 4.78. The molecule has 0 radical (unpaired) electrons. The van der Waals surface area contributed by atoms with Crippen molar-refractivity contribution >= 4 is 17.5 Å². The lowest BCUT2D eigenvalue weighted by atomic mass is 10.1. The Morgan fingerprint density at radius 2 is 1.70 bits per heavy atom. The van der Waals surface area contributed by atoms with Gasteiger partial charge in [-0.2, -0.15) is 0 Å². The van der Waals surface area contributed by atoms with Crippen LogP contribution in [-0.4, -0.2) is 25.0 Å². The lowest BCUT2D eigenvalue weighted by Crippen LogP contribution is -2.33. The minimum absolute atomic E-state index is 0.0772. The van der Waals surface area contributed by atoms with Crippen molar-refractivity contribution in [2.45, 2.75) is 39.5 Å². The highest BCUT2D eigenvalue weighted by molar-refractivity contribution is 5.99. The van der Waals surface area contributed by atoms with E-state index in [-0.39, 0.29) is 18.4 Å². The minimum Gasteiger partial charge on any atom is -0.494 e. The van der Waals surface area contributed by atoms with E-state index in [1.165, 1.54) is 0 Å². The predicted octanol–water partition coefficient (Wildman–Crippen LogP) is 4.19. The molecule has 27 heavy (non-hydrogen) atoms. The van der Waals surface area contributed by atoms with Gasteiger partial charge in [0.05, 0.1) is 13.2 Å². The molecule has 0 unspecified atom stereocenters. The number of anilines is 1. The number of benzene rings is 2. The Hall–Kier alpha value is -2.82. The third-order valence-corrected chi connectivity index (χ3v) is 4.21. The zero-order chi connectivity index (χ0) is 19.5. The third-order valence-electron chi connectivity index (χ3n) is 4.21. The van der Waals surface area contributed by atoms with Gasteiger partial charge in [0.15, 0.2) is 0 Å². The molecule has 2 aromatic rings. The number of aryl methyl sites for hydroxylation is 1. The molecule has 0 saturated heterocycles. The van der Waals surface area contributed by atoms with E-state index in [1.807, 2.05) is 31.2 Å². The largest absolute Gasteiger partial charge is 0.494 e. The van der Waals surface area contributed by atoms with E-state index in [2.05, 4.69) is 17.6 Å². The van der Waals surface area contributed by atoms with Gasteiger partial charge in [0.2, 0.25) is 5.91 Å². The Morgan fingerprint density at radius 3 is 2.41 bits per heavy atom. The average molecular weight is 368 g/mol. The van der Waals surface area contributed by atoms with Gasteiger partial charge in [-0.1, -0.05) is 44.9 Å². The molecule has 0 fully saturated rings. The van der Waals surface area contributed by atoms with Crippen molar-refractivity contribution in [3.63, 3.8) is 0 Å². The first-order chi connectivity index (χ1) is 13.1. The van der Waals surface area contributed by atoms with Crippen LogP contribution in [0.4, 0.5) is 5.69 Å². The summed E-state index contributed by atoms with van der Waals surface area (Å²) >= 11 is 0. The van der Waals surface area contributed by atoms with Gasteiger partial charge in [-0.3, -0.25) is 9.59 Å². The number of para-hydroxylation sites is 1. The number of nitrogens with one attached hydrogen (secondary N) is 2. The highest BCUT2D eigenvalue weighted by Gasteiger charge is 2.10. The van der Waals surface area contributed by atoms with Gasteiger partial charge in [0.25, 0.3) is 5.91 Å². The molecular formula is C22H28N2O3. The molecule has 0 aliphatic rings. The lowest BCUT2D eigenvalue weighted by Gasteiger charge is -2.10. The second-order valence-electron chi connectivity index (χ2n) is 6.32. The minimum atomic E-state index is -0.286. The van der Waals surface area contributed by atoms with Crippen LogP contribution in [0.1, 0.15) is 49.0 Å². The maximum Gasteiger partial charge on any atom is 0.251 e. The summed E-state index contributed by atoms with van der Waals surface area (Å²) in [5.74, 6) is 0.211. The first-order valence-electron chi connectivity index (χ1n) is 9.52. The van der Waals surface area contributed by atoms with Crippen molar-refractivity contribution < 1.29 is 14.3 Å². The molecule has 0 saturated carbocycles. The standard InChI is InChI=1S/C22H28N2O3/c1-3-5-8-15-27-19-13-11-18(12-14-19)22(26)23-16-21(25)24-20-10-7-6-9-17(20)4-2/h6-7,9-14H,3-5,8,15-16H2,1-2H3,(H,23,26)(H,24,25). The fourth-order valence-corrected chi connectivity index (χ4v) is 2.65. The van der Waals surface area contributed by atoms with Gasteiger partial charge in [-0.25, -0.2) is 0 Å². The normalized spacial score (nSPS) is 10.3. The summed E-state index contributed by atoms with van der Waals surface area (Å²) in [4.78, 5) is 24.3. The van der Waals surface area contributed by atoms with E-state index in [0.717, 1.165) is 42.7 Å². The summed E-state index contributed by atoms with van der Waals surface area (Å²) in [7, 11) is 0. The molecule has 2 aromatic carbocycles. The van der Waals surface area contributed by atoms with Crippen molar-refractivity contribution in [1.82, 2.24) is 5.32 Å². The molecule has 0 aliphatic carbocycles. The van der Waals surface area contributed by atoms with Crippen LogP contribution in [0.2, 0.25) is 0 Å². The van der Waals surface area contributed by atoms with Crippen molar-refractivity contribution in [1.29, 1.82) is 0 Å². The molecule has 0 aromatic heterocycles. The summed E-state index contributed by atoms with van der Waals surface area (Å²) in [6.07, 6.45) is 4.15. The Bertz CT molecular complexity index is 741. The second-order valence-corrected chi connectivity index (χ2v) is 6.32. The molecule has 0 spiro atoms. The summed E-state index contributed by atoms with van der Waals surface area (Å²) in [6, 6.07) is 14.6. The van der Waals surface area contributed by atoms with Gasteiger partial charge >= 0.3 is 0 Å². The molecule has 0 aliphatic heterocycles. The number of hydrogen-bond donors (Lipinski definition) is 2. The van der Waals surface area contributed by atoms with Gasteiger partial charge in [0, 0.05) is 11.3 Å². The molecule has 0 heterocycles. The Kier molecular flexibility index (Phi) is 8.36. The third kappa shape index (κ3) is 6.77. The first kappa shape index (κ1) is 20.5. The molecule has 0 atom stereocenters. The zero-order valence-electron chi connectivity index (χ0n) is 16.1. The summed E-state index contributed by atoms with van der Waals surface area (Å²) in [5, 5.41) is 5.48. The van der Waals surface area contributed by atoms with E-state index in [4.69, 9.17) is 4.74 Å². The Labute approximate surface area is 161 Å². The van der Waals surface area contributed by atoms with Crippen molar-refractivity contribution in [2.75, 3.05) is 18.5 Å². The number of carbonyl (C=O) groups excluding carboxylic acids is 2. The molecule has 2 rings (SSSR count). The highest BCUT2D eigenvalue weighted by atomic mass is 16.5. The van der Waals surface area contributed by atoms with Gasteiger partial charge in [-0.05, 0) is 48.7 Å². The number of unbranched alkanes of at least 4 members (excludes halogenated alkanes) is 2. The Morgan fingerprint density at radius 1 is 0.963 bits per heavy atom. The van der Waals surface area contributed by atoms with Gasteiger partial charge in [-0.15, -0.1) is 0 Å². The van der Waals surface area contributed by atoms with Crippen LogP contribution in [0.3, 0.4) is 0 Å². The lowest BCUT2D eigenvalue weighted by molar-refractivity contribution is -0.115. The predicted molar refractivity (Wildman–Crippen MR) is 108 cm³/mol. The average Bonchev–Trinajstić information content (AvgIpc) is 2.70. The SMILES string of the molecule is CCCCCOc1ccc(C(=O)NCC(=O)Nc2ccccc2CC)cc1. The second kappa shape index (κ2) is 11.0. The number of rotatable bonds is 10. The monoisotopic (exact) mass is 368 g/mol. The molecule has 5 heteroatoms. The van der Waals surface area contributed by atoms with Gasteiger partial charge < -0.3 is 15.4 Å². The maximum atomic E-state index is 12.2. The van der Waals surface area contributed by atoms with E-state index in [0.29, 0.717) is 12.2 Å². The summed E-state index contributed by atoms with van der Waals surface area (Å²) in [5.41, 5.74) is 2.34. The topological polar surface area (TPSA) is 67.4 Å². The molecular weight excluding hydrogens is 340 g/mol. The van der Waals surface area contributed by atoms with Crippen molar-refractivity contribution in [3.05, 3.63) is 59.7 Å². The fraction of sp³-hybridized carbons (Fsp3) is 0.364. The van der Waals surface area contributed by atoms with E-state index < -0.39 is 0 Å². The van der Waals surface area contributed by atoms with E-state index in [1.54, 1.807) is 24.3 Å². The molecule has 2 amide bonds. The van der Waals surface area contributed by atoms with Crippen LogP contribution in [0.5, 0.6) is 5.75 Å². The molecule has 0 bridgehead atoms. The zero-order valence-corrected chi connectivity index (χ0v) is 16.1. The first-order valence-corrected chi connectivity index (χ1v) is 9.52. The van der Waals surface area contributed by atoms with Crippen LogP contribution >= 0.6 is 0 Å². The Balaban J connectivity index is 1.80. The van der Waals surface area contributed by atoms with Crippen molar-refractivity contribution in [2.24, 2.45) is 0 Å². The number of hydrogen-bond acceptors (Lipinski definition) is 3. The molecule has 2 N–H and O–H groups in total. The van der Waals surface area contributed by atoms with Gasteiger partial charge in [0.1, 0.15) is 5.75 Å². The van der Waals surface area contributed by atoms with Crippen LogP contribution in [0.25, 0.3) is 0 Å². The van der Waals surface area contributed by atoms with E-state index in [9.17, 15) is 9.59 Å². The van der Waals surface area contributed by atoms with Crippen LogP contribution < -0.4 is 15.4 Å². The smallest absolute Gasteiger partial charge is 0.251 e. The number of amides is 2. The van der Waals surface area contributed by atoms with Crippen molar-refractivity contribution in [3.8, 4) is 5.75 Å². The maximum absolute atomic E-state index is 12.2. The quantitative estimate of drug-likeness (QED) is 0.618. The van der Waals surface area contributed by atoms with Crippen LogP contribution in [0.15, 0.2) is 48.5 Å². The van der Waals surface area contributed by atoms with Crippen LogP contribution in [0, 0.1) is 0 Å². The number of ether oxygens (including phenoxy) is 1. The van der Waals surface area contributed by atoms with E-state index >= 15 is 0 Å². The fourth-order valence-electron chi connectivity index (χ4n) is 2.65. The van der Waals surface area contributed by atoms with Crippen LogP contribution in [-0.2, 0) is 11.2 Å².